The summed E-state index contributed by atoms with van der Waals surface area (Å²) in [6.45, 7) is 5.11. The van der Waals surface area contributed by atoms with Gasteiger partial charge in [0.15, 0.2) is 0 Å². The standard InChI is InChI=1S/C13H20N2/c1-2-15(13-6-7-13)10-12-5-3-4-11(8-12)9-14/h3-5,8,13H,2,6-7,9-10,14H2,1H3. The summed E-state index contributed by atoms with van der Waals surface area (Å²) >= 11 is 0. The molecule has 0 bridgehead atoms. The van der Waals surface area contributed by atoms with Crippen LogP contribution < -0.4 is 5.73 Å². The zero-order valence-corrected chi connectivity index (χ0v) is 9.45. The van der Waals surface area contributed by atoms with Crippen molar-refractivity contribution in [2.75, 3.05) is 6.54 Å². The molecule has 0 atom stereocenters. The molecule has 0 heterocycles. The highest BCUT2D eigenvalue weighted by Gasteiger charge is 2.27. The van der Waals surface area contributed by atoms with Crippen molar-refractivity contribution in [3.05, 3.63) is 35.4 Å². The summed E-state index contributed by atoms with van der Waals surface area (Å²) in [5, 5.41) is 0. The topological polar surface area (TPSA) is 29.3 Å². The fraction of sp³-hybridized carbons (Fsp3) is 0.538. The second-order valence-corrected chi connectivity index (χ2v) is 4.32. The number of benzene rings is 1. The van der Waals surface area contributed by atoms with Crippen LogP contribution >= 0.6 is 0 Å². The molecule has 0 unspecified atom stereocenters. The third kappa shape index (κ3) is 2.80. The summed E-state index contributed by atoms with van der Waals surface area (Å²) < 4.78 is 0. The molecule has 2 N–H and O–H groups in total. The summed E-state index contributed by atoms with van der Waals surface area (Å²) in [5.41, 5.74) is 8.27. The summed E-state index contributed by atoms with van der Waals surface area (Å²) in [6.07, 6.45) is 2.76. The smallest absolute Gasteiger partial charge is 0.0236 e. The molecule has 1 aromatic rings. The molecule has 1 aromatic carbocycles. The van der Waals surface area contributed by atoms with Gasteiger partial charge in [0.05, 0.1) is 0 Å². The fourth-order valence-electron chi connectivity index (χ4n) is 2.03. The van der Waals surface area contributed by atoms with Crippen LogP contribution in [0.4, 0.5) is 0 Å². The zero-order valence-electron chi connectivity index (χ0n) is 9.45. The van der Waals surface area contributed by atoms with Gasteiger partial charge >= 0.3 is 0 Å². The van der Waals surface area contributed by atoms with Crippen molar-refractivity contribution in [2.45, 2.75) is 38.9 Å². The normalized spacial score (nSPS) is 15.9. The zero-order chi connectivity index (χ0) is 10.7. The molecule has 82 valence electrons. The minimum atomic E-state index is 0.642. The summed E-state index contributed by atoms with van der Waals surface area (Å²) in [7, 11) is 0. The van der Waals surface area contributed by atoms with E-state index in [2.05, 4.69) is 36.1 Å². The lowest BCUT2D eigenvalue weighted by Gasteiger charge is -2.20. The third-order valence-corrected chi connectivity index (χ3v) is 3.08. The molecule has 2 rings (SSSR count). The molecule has 2 nitrogen and oxygen atoms in total. The Balaban J connectivity index is 2.01. The molecule has 2 heteroatoms. The first-order valence-corrected chi connectivity index (χ1v) is 5.85. The molecule has 0 radical (unpaired) electrons. The summed E-state index contributed by atoms with van der Waals surface area (Å²) in [4.78, 5) is 2.55. The first-order valence-electron chi connectivity index (χ1n) is 5.85. The van der Waals surface area contributed by atoms with Gasteiger partial charge in [-0.1, -0.05) is 31.2 Å². The monoisotopic (exact) mass is 204 g/mol. The Bertz CT molecular complexity index is 318. The van der Waals surface area contributed by atoms with Crippen molar-refractivity contribution in [3.8, 4) is 0 Å². The van der Waals surface area contributed by atoms with Crippen LogP contribution in [0.15, 0.2) is 24.3 Å². The van der Waals surface area contributed by atoms with E-state index in [-0.39, 0.29) is 0 Å². The molecule has 0 aliphatic heterocycles. The number of hydrogen-bond donors (Lipinski definition) is 1. The van der Waals surface area contributed by atoms with Gasteiger partial charge in [-0.25, -0.2) is 0 Å². The predicted molar refractivity (Wildman–Crippen MR) is 63.4 cm³/mol. The van der Waals surface area contributed by atoms with Crippen LogP contribution in [0.5, 0.6) is 0 Å². The first-order chi connectivity index (χ1) is 7.33. The highest BCUT2D eigenvalue weighted by atomic mass is 15.2. The van der Waals surface area contributed by atoms with Crippen LogP contribution in [0, 0.1) is 0 Å². The average Bonchev–Trinajstić information content (AvgIpc) is 3.10. The van der Waals surface area contributed by atoms with Crippen LogP contribution in [0.3, 0.4) is 0 Å². The van der Waals surface area contributed by atoms with Crippen molar-refractivity contribution < 1.29 is 0 Å². The largest absolute Gasteiger partial charge is 0.326 e. The van der Waals surface area contributed by atoms with Gasteiger partial charge < -0.3 is 5.73 Å². The van der Waals surface area contributed by atoms with E-state index < -0.39 is 0 Å². The van der Waals surface area contributed by atoms with Crippen LogP contribution in [0.2, 0.25) is 0 Å². The van der Waals surface area contributed by atoms with E-state index in [0.717, 1.165) is 19.1 Å². The molecular formula is C13H20N2. The Morgan fingerprint density at radius 2 is 2.07 bits per heavy atom. The Hall–Kier alpha value is -0.860. The van der Waals surface area contributed by atoms with Crippen molar-refractivity contribution in [1.29, 1.82) is 0 Å². The SMILES string of the molecule is CCN(Cc1cccc(CN)c1)C1CC1. The summed E-state index contributed by atoms with van der Waals surface area (Å²) in [5.74, 6) is 0. The van der Waals surface area contributed by atoms with E-state index in [1.165, 1.54) is 24.0 Å². The maximum absolute atomic E-state index is 5.64. The lowest BCUT2D eigenvalue weighted by atomic mass is 10.1. The molecule has 0 saturated heterocycles. The number of hydrogen-bond acceptors (Lipinski definition) is 2. The van der Waals surface area contributed by atoms with E-state index in [9.17, 15) is 0 Å². The molecule has 15 heavy (non-hydrogen) atoms. The van der Waals surface area contributed by atoms with Crippen LogP contribution in [-0.2, 0) is 13.1 Å². The highest BCUT2D eigenvalue weighted by Crippen LogP contribution is 2.27. The highest BCUT2D eigenvalue weighted by molar-refractivity contribution is 5.23. The van der Waals surface area contributed by atoms with E-state index in [1.807, 2.05) is 0 Å². The molecule has 1 aliphatic rings. The minimum Gasteiger partial charge on any atom is -0.326 e. The Labute approximate surface area is 92.1 Å². The second kappa shape index (κ2) is 4.77. The minimum absolute atomic E-state index is 0.642. The van der Waals surface area contributed by atoms with Crippen molar-refractivity contribution in [3.63, 3.8) is 0 Å². The molecular weight excluding hydrogens is 184 g/mol. The van der Waals surface area contributed by atoms with Crippen molar-refractivity contribution >= 4 is 0 Å². The maximum atomic E-state index is 5.64. The van der Waals surface area contributed by atoms with Crippen LogP contribution in [0.1, 0.15) is 30.9 Å². The molecule has 1 saturated carbocycles. The average molecular weight is 204 g/mol. The predicted octanol–water partition coefficient (Wildman–Crippen LogP) is 2.13. The molecule has 1 fully saturated rings. The Morgan fingerprint density at radius 3 is 2.67 bits per heavy atom. The molecule has 1 aliphatic carbocycles. The van der Waals surface area contributed by atoms with Crippen molar-refractivity contribution in [2.24, 2.45) is 5.73 Å². The van der Waals surface area contributed by atoms with Gasteiger partial charge in [0.2, 0.25) is 0 Å². The van der Waals surface area contributed by atoms with Gasteiger partial charge in [-0.05, 0) is 30.5 Å². The van der Waals surface area contributed by atoms with Gasteiger partial charge in [-0.15, -0.1) is 0 Å². The summed E-state index contributed by atoms with van der Waals surface area (Å²) in [6, 6.07) is 9.47. The second-order valence-electron chi connectivity index (χ2n) is 4.32. The fourth-order valence-corrected chi connectivity index (χ4v) is 2.03. The van der Waals surface area contributed by atoms with Gasteiger partial charge in [0.25, 0.3) is 0 Å². The van der Waals surface area contributed by atoms with E-state index in [1.54, 1.807) is 0 Å². The van der Waals surface area contributed by atoms with E-state index >= 15 is 0 Å². The van der Waals surface area contributed by atoms with E-state index in [4.69, 9.17) is 5.73 Å². The van der Waals surface area contributed by atoms with Gasteiger partial charge in [0.1, 0.15) is 0 Å². The van der Waals surface area contributed by atoms with Crippen LogP contribution in [-0.4, -0.2) is 17.5 Å². The Morgan fingerprint density at radius 1 is 1.33 bits per heavy atom. The van der Waals surface area contributed by atoms with Gasteiger partial charge in [0, 0.05) is 19.1 Å². The Kier molecular flexibility index (Phi) is 3.39. The molecule has 0 aromatic heterocycles. The quantitative estimate of drug-likeness (QED) is 0.796. The molecule has 0 amide bonds. The molecule has 0 spiro atoms. The number of rotatable bonds is 5. The van der Waals surface area contributed by atoms with Crippen molar-refractivity contribution in [1.82, 2.24) is 4.90 Å². The van der Waals surface area contributed by atoms with Crippen LogP contribution in [0.25, 0.3) is 0 Å². The van der Waals surface area contributed by atoms with Gasteiger partial charge in [-0.2, -0.15) is 0 Å². The number of nitrogens with zero attached hydrogens (tertiary/aromatic N) is 1. The number of nitrogens with two attached hydrogens (primary N) is 1. The first kappa shape index (κ1) is 10.7. The third-order valence-electron chi connectivity index (χ3n) is 3.08. The van der Waals surface area contributed by atoms with E-state index in [0.29, 0.717) is 6.54 Å². The van der Waals surface area contributed by atoms with Gasteiger partial charge in [-0.3, -0.25) is 4.90 Å². The lowest BCUT2D eigenvalue weighted by molar-refractivity contribution is 0.269. The lowest BCUT2D eigenvalue weighted by Crippen LogP contribution is -2.25. The maximum Gasteiger partial charge on any atom is 0.0236 e.